The van der Waals surface area contributed by atoms with Crippen LogP contribution in [0.1, 0.15) is 0 Å². The van der Waals surface area contributed by atoms with Gasteiger partial charge in [-0.3, -0.25) is 15.1 Å². The van der Waals surface area contributed by atoms with Crippen LogP contribution in [0, 0.1) is 0 Å². The van der Waals surface area contributed by atoms with Gasteiger partial charge in [0.1, 0.15) is 16.9 Å². The van der Waals surface area contributed by atoms with Crippen molar-refractivity contribution in [1.82, 2.24) is 30.1 Å². The Balaban J connectivity index is 1.53. The minimum absolute atomic E-state index is 0.687. The summed E-state index contributed by atoms with van der Waals surface area (Å²) in [5.74, 6) is 0.687. The largest absolute Gasteiger partial charge is 0.472 e. The molecule has 0 aliphatic heterocycles. The monoisotopic (exact) mass is 378 g/mol. The van der Waals surface area contributed by atoms with Crippen molar-refractivity contribution in [2.24, 2.45) is 0 Å². The summed E-state index contributed by atoms with van der Waals surface area (Å²) in [5, 5.41) is 8.60. The number of nitrogens with one attached hydrogen (secondary N) is 2. The lowest BCUT2D eigenvalue weighted by atomic mass is 10.0. The summed E-state index contributed by atoms with van der Waals surface area (Å²) >= 11 is 0. The summed E-state index contributed by atoms with van der Waals surface area (Å²) in [6, 6.07) is 13.9. The number of pyridine rings is 2. The van der Waals surface area contributed by atoms with Gasteiger partial charge in [-0.15, -0.1) is 0 Å². The van der Waals surface area contributed by atoms with Crippen molar-refractivity contribution in [2.75, 3.05) is 0 Å². The van der Waals surface area contributed by atoms with E-state index in [1.807, 2.05) is 36.5 Å². The number of benzene rings is 1. The first kappa shape index (κ1) is 15.8. The predicted molar refractivity (Wildman–Crippen MR) is 110 cm³/mol. The third kappa shape index (κ3) is 2.52. The van der Waals surface area contributed by atoms with Gasteiger partial charge in [0.25, 0.3) is 0 Å². The minimum atomic E-state index is 0.687. The van der Waals surface area contributed by atoms with Crippen LogP contribution >= 0.6 is 0 Å². The lowest BCUT2D eigenvalue weighted by molar-refractivity contribution is 0.568. The molecule has 29 heavy (non-hydrogen) atoms. The normalized spacial score (nSPS) is 11.4. The number of imidazole rings is 1. The van der Waals surface area contributed by atoms with E-state index in [-0.39, 0.29) is 0 Å². The van der Waals surface area contributed by atoms with Gasteiger partial charge in [-0.1, -0.05) is 12.1 Å². The fourth-order valence-corrected chi connectivity index (χ4v) is 3.57. The molecule has 0 atom stereocenters. The van der Waals surface area contributed by atoms with E-state index in [4.69, 9.17) is 9.40 Å². The van der Waals surface area contributed by atoms with E-state index in [1.165, 1.54) is 0 Å². The smallest absolute Gasteiger partial charge is 0.159 e. The first-order valence-corrected chi connectivity index (χ1v) is 9.13. The molecule has 5 heterocycles. The SMILES string of the molecule is c1cncc(-c2ccc3[nH]nc(-c4nc5c(-c6ccoc6)nccc5[nH]4)c3c2)c1. The third-order valence-electron chi connectivity index (χ3n) is 4.98. The van der Waals surface area contributed by atoms with Gasteiger partial charge in [0, 0.05) is 35.1 Å². The molecule has 0 radical (unpaired) electrons. The Kier molecular flexibility index (Phi) is 3.33. The summed E-state index contributed by atoms with van der Waals surface area (Å²) < 4.78 is 5.21. The summed E-state index contributed by atoms with van der Waals surface area (Å²) in [7, 11) is 0. The fourth-order valence-electron chi connectivity index (χ4n) is 3.57. The second kappa shape index (κ2) is 6.13. The van der Waals surface area contributed by atoms with E-state index < -0.39 is 0 Å². The Morgan fingerprint density at radius 3 is 2.72 bits per heavy atom. The average Bonchev–Trinajstić information content (AvgIpc) is 3.52. The number of aromatic nitrogens is 6. The van der Waals surface area contributed by atoms with Crippen molar-refractivity contribution < 1.29 is 4.42 Å². The van der Waals surface area contributed by atoms with Crippen molar-refractivity contribution in [3.63, 3.8) is 0 Å². The number of furan rings is 1. The van der Waals surface area contributed by atoms with Crippen LogP contribution < -0.4 is 0 Å². The van der Waals surface area contributed by atoms with E-state index in [0.29, 0.717) is 5.82 Å². The maximum absolute atomic E-state index is 5.21. The number of aromatic amines is 2. The Hall–Kier alpha value is -4.26. The van der Waals surface area contributed by atoms with Gasteiger partial charge in [-0.25, -0.2) is 4.98 Å². The highest BCUT2D eigenvalue weighted by atomic mass is 16.3. The predicted octanol–water partition coefficient (Wildman–Crippen LogP) is 4.82. The summed E-state index contributed by atoms with van der Waals surface area (Å²) in [6.45, 7) is 0. The number of fused-ring (bicyclic) bond motifs is 2. The standard InChI is InChI=1S/C22H14N6O/c1-2-14(11-23-7-1)13-3-4-17-16(10-13)20(28-27-17)22-25-18-5-8-24-19(21(18)26-22)15-6-9-29-12-15/h1-12H,(H,25,26)(H,27,28). The molecule has 7 heteroatoms. The first-order valence-electron chi connectivity index (χ1n) is 9.13. The summed E-state index contributed by atoms with van der Waals surface area (Å²) in [6.07, 6.45) is 8.68. The fraction of sp³-hybridized carbons (Fsp3) is 0. The average molecular weight is 378 g/mol. The Morgan fingerprint density at radius 2 is 1.86 bits per heavy atom. The summed E-state index contributed by atoms with van der Waals surface area (Å²) in [4.78, 5) is 16.9. The van der Waals surface area contributed by atoms with Crippen LogP contribution in [0.3, 0.4) is 0 Å². The summed E-state index contributed by atoms with van der Waals surface area (Å²) in [5.41, 5.74) is 7.17. The van der Waals surface area contributed by atoms with Crippen molar-refractivity contribution in [1.29, 1.82) is 0 Å². The van der Waals surface area contributed by atoms with Crippen molar-refractivity contribution in [2.45, 2.75) is 0 Å². The van der Waals surface area contributed by atoms with Crippen molar-refractivity contribution in [3.8, 4) is 33.9 Å². The van der Waals surface area contributed by atoms with Gasteiger partial charge in [0.05, 0.1) is 23.6 Å². The number of hydrogen-bond acceptors (Lipinski definition) is 5. The number of nitrogens with zero attached hydrogens (tertiary/aromatic N) is 4. The van der Waals surface area contributed by atoms with Crippen LogP contribution in [0.2, 0.25) is 0 Å². The molecule has 0 spiro atoms. The minimum Gasteiger partial charge on any atom is -0.472 e. The Labute approximate surface area is 164 Å². The molecule has 0 saturated carbocycles. The molecule has 1 aromatic carbocycles. The Morgan fingerprint density at radius 1 is 0.862 bits per heavy atom. The quantitative estimate of drug-likeness (QED) is 0.460. The zero-order valence-electron chi connectivity index (χ0n) is 15.1. The van der Waals surface area contributed by atoms with Crippen LogP contribution in [-0.4, -0.2) is 30.1 Å². The second-order valence-corrected chi connectivity index (χ2v) is 6.73. The number of H-pyrrole nitrogens is 2. The molecule has 0 aliphatic rings. The molecule has 2 N–H and O–H groups in total. The molecule has 0 saturated heterocycles. The van der Waals surface area contributed by atoms with Gasteiger partial charge >= 0.3 is 0 Å². The maximum Gasteiger partial charge on any atom is 0.159 e. The van der Waals surface area contributed by atoms with E-state index in [0.717, 1.165) is 50.0 Å². The molecule has 6 rings (SSSR count). The molecule has 138 valence electrons. The molecule has 0 bridgehead atoms. The van der Waals surface area contributed by atoms with Crippen molar-refractivity contribution in [3.05, 3.63) is 73.6 Å². The van der Waals surface area contributed by atoms with Crippen LogP contribution in [0.15, 0.2) is 78.0 Å². The highest BCUT2D eigenvalue weighted by Crippen LogP contribution is 2.32. The van der Waals surface area contributed by atoms with E-state index in [1.54, 1.807) is 24.9 Å². The lowest BCUT2D eigenvalue weighted by Crippen LogP contribution is -1.84. The van der Waals surface area contributed by atoms with Crippen LogP contribution in [0.25, 0.3) is 55.8 Å². The second-order valence-electron chi connectivity index (χ2n) is 6.73. The molecule has 7 nitrogen and oxygen atoms in total. The third-order valence-corrected chi connectivity index (χ3v) is 4.98. The molecule has 5 aromatic heterocycles. The highest BCUT2D eigenvalue weighted by molar-refractivity contribution is 5.97. The molecule has 6 aromatic rings. The van der Waals surface area contributed by atoms with E-state index in [2.05, 4.69) is 37.3 Å². The van der Waals surface area contributed by atoms with Crippen LogP contribution in [-0.2, 0) is 0 Å². The molecule has 0 aliphatic carbocycles. The van der Waals surface area contributed by atoms with Gasteiger partial charge in [-0.2, -0.15) is 5.10 Å². The molecule has 0 unspecified atom stereocenters. The van der Waals surface area contributed by atoms with Crippen LogP contribution in [0.5, 0.6) is 0 Å². The van der Waals surface area contributed by atoms with Gasteiger partial charge in [-0.05, 0) is 35.9 Å². The van der Waals surface area contributed by atoms with Gasteiger partial charge < -0.3 is 9.40 Å². The topological polar surface area (TPSA) is 96.3 Å². The molecule has 0 amide bonds. The zero-order chi connectivity index (χ0) is 19.2. The highest BCUT2D eigenvalue weighted by Gasteiger charge is 2.16. The van der Waals surface area contributed by atoms with Gasteiger partial charge in [0.2, 0.25) is 0 Å². The number of hydrogen-bond donors (Lipinski definition) is 2. The van der Waals surface area contributed by atoms with Gasteiger partial charge in [0.15, 0.2) is 5.82 Å². The lowest BCUT2D eigenvalue weighted by Gasteiger charge is -2.01. The zero-order valence-corrected chi connectivity index (χ0v) is 15.1. The molecular formula is C22H14N6O. The number of rotatable bonds is 3. The molecular weight excluding hydrogens is 364 g/mol. The van der Waals surface area contributed by atoms with Crippen molar-refractivity contribution >= 4 is 21.9 Å². The van der Waals surface area contributed by atoms with E-state index in [9.17, 15) is 0 Å². The van der Waals surface area contributed by atoms with E-state index >= 15 is 0 Å². The maximum atomic E-state index is 5.21. The Bertz CT molecular complexity index is 1450. The first-order chi connectivity index (χ1) is 14.4. The van der Waals surface area contributed by atoms with Crippen LogP contribution in [0.4, 0.5) is 0 Å². The molecule has 0 fully saturated rings.